The van der Waals surface area contributed by atoms with Crippen LogP contribution in [0.5, 0.6) is 0 Å². The van der Waals surface area contributed by atoms with Crippen molar-refractivity contribution in [2.75, 3.05) is 0 Å². The first kappa shape index (κ1) is 12.2. The van der Waals surface area contributed by atoms with Crippen LogP contribution in [0.25, 0.3) is 0 Å². The minimum atomic E-state index is 0.124. The number of hydrogen-bond donors (Lipinski definition) is 2. The Morgan fingerprint density at radius 2 is 2.35 bits per heavy atom. The summed E-state index contributed by atoms with van der Waals surface area (Å²) in [4.78, 5) is 8.62. The van der Waals surface area contributed by atoms with Crippen LogP contribution in [-0.2, 0) is 19.9 Å². The number of aryl methyl sites for hydroxylation is 2. The van der Waals surface area contributed by atoms with Gasteiger partial charge in [-0.3, -0.25) is 16.0 Å². The fraction of sp³-hybridized carbons (Fsp3) is 0.500. The molecule has 0 spiro atoms. The van der Waals surface area contributed by atoms with Gasteiger partial charge in [0.25, 0.3) is 0 Å². The summed E-state index contributed by atoms with van der Waals surface area (Å²) in [5.74, 6) is 6.48. The van der Waals surface area contributed by atoms with Gasteiger partial charge in [0.2, 0.25) is 0 Å². The largest absolute Gasteiger partial charge is 0.271 e. The highest BCUT2D eigenvalue weighted by Crippen LogP contribution is 2.11. The number of hydrogen-bond acceptors (Lipinski definition) is 6. The molecule has 0 saturated heterocycles. The summed E-state index contributed by atoms with van der Waals surface area (Å²) in [7, 11) is 1.88. The van der Waals surface area contributed by atoms with Gasteiger partial charge in [0.05, 0.1) is 10.7 Å². The molecular weight excluding hydrogens is 236 g/mol. The normalized spacial score (nSPS) is 12.9. The van der Waals surface area contributed by atoms with Gasteiger partial charge in [-0.25, -0.2) is 9.97 Å². The van der Waals surface area contributed by atoms with Crippen LogP contribution < -0.4 is 11.3 Å². The Hall–Kier alpha value is -1.31. The van der Waals surface area contributed by atoms with E-state index < -0.39 is 0 Å². The number of nitrogens with one attached hydrogen (secondary N) is 1. The first-order valence-corrected chi connectivity index (χ1v) is 6.27. The van der Waals surface area contributed by atoms with Gasteiger partial charge in [-0.1, -0.05) is 0 Å². The van der Waals surface area contributed by atoms with Crippen molar-refractivity contribution in [1.82, 2.24) is 25.2 Å². The summed E-state index contributed by atoms with van der Waals surface area (Å²) in [5, 5.41) is 7.18. The maximum atomic E-state index is 5.56. The van der Waals surface area contributed by atoms with Crippen LogP contribution in [0.3, 0.4) is 0 Å². The Kier molecular flexibility index (Phi) is 3.82. The van der Waals surface area contributed by atoms with Gasteiger partial charge in [-0.2, -0.15) is 5.10 Å². The van der Waals surface area contributed by atoms with Crippen LogP contribution in [-0.4, -0.2) is 25.8 Å². The van der Waals surface area contributed by atoms with E-state index in [1.54, 1.807) is 22.3 Å². The average Bonchev–Trinajstić information content (AvgIpc) is 2.88. The van der Waals surface area contributed by atoms with Gasteiger partial charge >= 0.3 is 0 Å². The average molecular weight is 252 g/mol. The summed E-state index contributed by atoms with van der Waals surface area (Å²) in [6.45, 7) is 2.00. The zero-order valence-corrected chi connectivity index (χ0v) is 10.7. The van der Waals surface area contributed by atoms with E-state index >= 15 is 0 Å². The van der Waals surface area contributed by atoms with E-state index in [9.17, 15) is 0 Å². The molecule has 17 heavy (non-hydrogen) atoms. The van der Waals surface area contributed by atoms with Crippen LogP contribution >= 0.6 is 11.3 Å². The lowest BCUT2D eigenvalue weighted by Crippen LogP contribution is -2.39. The van der Waals surface area contributed by atoms with Crippen LogP contribution in [0, 0.1) is 6.92 Å². The Morgan fingerprint density at radius 3 is 2.88 bits per heavy atom. The molecule has 0 aliphatic rings. The quantitative estimate of drug-likeness (QED) is 0.587. The van der Waals surface area contributed by atoms with Gasteiger partial charge in [-0.15, -0.1) is 11.3 Å². The van der Waals surface area contributed by atoms with E-state index in [1.165, 1.54) is 0 Å². The predicted molar refractivity (Wildman–Crippen MR) is 66.4 cm³/mol. The van der Waals surface area contributed by atoms with Gasteiger partial charge < -0.3 is 0 Å². The number of nitrogens with two attached hydrogens (primary N) is 1. The van der Waals surface area contributed by atoms with Crippen molar-refractivity contribution < 1.29 is 0 Å². The molecule has 0 saturated carbocycles. The highest BCUT2D eigenvalue weighted by atomic mass is 32.1. The second-order valence-electron chi connectivity index (χ2n) is 3.93. The molecule has 0 aliphatic carbocycles. The summed E-state index contributed by atoms with van der Waals surface area (Å²) in [6.07, 6.45) is 3.09. The molecular formula is C10H16N6S. The van der Waals surface area contributed by atoms with Gasteiger partial charge in [0.1, 0.15) is 12.2 Å². The maximum absolute atomic E-state index is 5.56. The molecule has 2 aromatic rings. The van der Waals surface area contributed by atoms with Crippen molar-refractivity contribution in [2.24, 2.45) is 12.9 Å². The Balaban J connectivity index is 2.00. The molecule has 7 heteroatoms. The standard InChI is InChI=1S/C10H16N6S/c1-7-14-9(5-17-7)3-8(15-11)4-10-12-6-13-16(10)2/h5-6,8,15H,3-4,11H2,1-2H3. The van der Waals surface area contributed by atoms with Crippen LogP contribution in [0.4, 0.5) is 0 Å². The molecule has 1 unspecified atom stereocenters. The minimum absolute atomic E-state index is 0.124. The molecule has 0 aliphatic heterocycles. The number of aromatic nitrogens is 4. The highest BCUT2D eigenvalue weighted by Gasteiger charge is 2.13. The zero-order valence-electron chi connectivity index (χ0n) is 9.92. The number of thiazole rings is 1. The molecule has 0 aromatic carbocycles. The van der Waals surface area contributed by atoms with E-state index in [-0.39, 0.29) is 6.04 Å². The Morgan fingerprint density at radius 1 is 1.53 bits per heavy atom. The smallest absolute Gasteiger partial charge is 0.138 e. The van der Waals surface area contributed by atoms with Crippen molar-refractivity contribution in [2.45, 2.75) is 25.8 Å². The molecule has 1 atom stereocenters. The highest BCUT2D eigenvalue weighted by molar-refractivity contribution is 7.09. The first-order valence-electron chi connectivity index (χ1n) is 5.39. The van der Waals surface area contributed by atoms with Crippen molar-refractivity contribution >= 4 is 11.3 Å². The second-order valence-corrected chi connectivity index (χ2v) is 4.99. The minimum Gasteiger partial charge on any atom is -0.271 e. The molecule has 6 nitrogen and oxygen atoms in total. The molecule has 0 radical (unpaired) electrons. The molecule has 2 heterocycles. The lowest BCUT2D eigenvalue weighted by atomic mass is 10.1. The maximum Gasteiger partial charge on any atom is 0.138 e. The number of nitrogens with zero attached hydrogens (tertiary/aromatic N) is 4. The van der Waals surface area contributed by atoms with Gasteiger partial charge in [0, 0.05) is 31.3 Å². The number of rotatable bonds is 5. The van der Waals surface area contributed by atoms with Crippen LogP contribution in [0.2, 0.25) is 0 Å². The van der Waals surface area contributed by atoms with Gasteiger partial charge in [-0.05, 0) is 6.92 Å². The monoisotopic (exact) mass is 252 g/mol. The Bertz CT molecular complexity index is 477. The molecule has 0 bridgehead atoms. The van der Waals surface area contributed by atoms with Crippen molar-refractivity contribution in [3.63, 3.8) is 0 Å². The predicted octanol–water partition coefficient (Wildman–Crippen LogP) is 0.197. The molecule has 2 aromatic heterocycles. The van der Waals surface area contributed by atoms with E-state index in [0.29, 0.717) is 0 Å². The van der Waals surface area contributed by atoms with E-state index in [0.717, 1.165) is 29.4 Å². The lowest BCUT2D eigenvalue weighted by molar-refractivity contribution is 0.496. The van der Waals surface area contributed by atoms with Crippen LogP contribution in [0.15, 0.2) is 11.7 Å². The molecule has 3 N–H and O–H groups in total. The van der Waals surface area contributed by atoms with E-state index in [2.05, 4.69) is 25.9 Å². The fourth-order valence-corrected chi connectivity index (χ4v) is 2.30. The van der Waals surface area contributed by atoms with E-state index in [4.69, 9.17) is 5.84 Å². The van der Waals surface area contributed by atoms with Crippen LogP contribution in [0.1, 0.15) is 16.5 Å². The topological polar surface area (TPSA) is 81.7 Å². The second kappa shape index (κ2) is 5.35. The zero-order chi connectivity index (χ0) is 12.3. The van der Waals surface area contributed by atoms with E-state index in [1.807, 2.05) is 14.0 Å². The first-order chi connectivity index (χ1) is 8.19. The molecule has 0 fully saturated rings. The Labute approximate surface area is 104 Å². The fourth-order valence-electron chi connectivity index (χ4n) is 1.67. The van der Waals surface area contributed by atoms with Crippen molar-refractivity contribution in [3.8, 4) is 0 Å². The summed E-state index contributed by atoms with van der Waals surface area (Å²) in [6, 6.07) is 0.124. The van der Waals surface area contributed by atoms with Crippen molar-refractivity contribution in [3.05, 3.63) is 28.2 Å². The third-order valence-corrected chi connectivity index (χ3v) is 3.41. The summed E-state index contributed by atoms with van der Waals surface area (Å²) >= 11 is 1.66. The molecule has 92 valence electrons. The molecule has 2 rings (SSSR count). The summed E-state index contributed by atoms with van der Waals surface area (Å²) in [5.41, 5.74) is 3.88. The summed E-state index contributed by atoms with van der Waals surface area (Å²) < 4.78 is 1.76. The van der Waals surface area contributed by atoms with Crippen molar-refractivity contribution in [1.29, 1.82) is 0 Å². The SMILES string of the molecule is Cc1nc(CC(Cc2ncnn2C)NN)cs1. The lowest BCUT2D eigenvalue weighted by Gasteiger charge is -2.13. The third-order valence-electron chi connectivity index (χ3n) is 2.59. The molecule has 0 amide bonds. The van der Waals surface area contributed by atoms with Gasteiger partial charge in [0.15, 0.2) is 0 Å². The number of hydrazine groups is 1. The third kappa shape index (κ3) is 3.09.